The van der Waals surface area contributed by atoms with Crippen LogP contribution in [0, 0.1) is 0 Å². The molecule has 0 aromatic carbocycles. The highest BCUT2D eigenvalue weighted by Crippen LogP contribution is 2.19. The zero-order valence-electron chi connectivity index (χ0n) is 12.4. The van der Waals surface area contributed by atoms with E-state index in [4.69, 9.17) is 0 Å². The molecule has 1 N–H and O–H groups in total. The largest absolute Gasteiger partial charge is 0.366 e. The minimum atomic E-state index is 0.620. The maximum absolute atomic E-state index is 4.44. The Morgan fingerprint density at radius 1 is 0.947 bits per heavy atom. The molecule has 3 heteroatoms. The number of rotatable bonds is 2. The summed E-state index contributed by atoms with van der Waals surface area (Å²) in [4.78, 5) is 0. The quantitative estimate of drug-likeness (QED) is 0.851. The first-order chi connectivity index (χ1) is 9.34. The van der Waals surface area contributed by atoms with Gasteiger partial charge in [-0.2, -0.15) is 5.10 Å². The monoisotopic (exact) mass is 263 g/mol. The molecule has 1 saturated carbocycles. The summed E-state index contributed by atoms with van der Waals surface area (Å²) >= 11 is 0. The molecule has 1 fully saturated rings. The van der Waals surface area contributed by atoms with Crippen LogP contribution >= 0.6 is 0 Å². The van der Waals surface area contributed by atoms with E-state index >= 15 is 0 Å². The van der Waals surface area contributed by atoms with Crippen molar-refractivity contribution in [1.29, 1.82) is 0 Å². The molecular formula is C16H29N3. The average Bonchev–Trinajstić information content (AvgIpc) is 2.78. The topological polar surface area (TPSA) is 29.9 Å². The molecule has 1 aliphatic rings. The molecule has 0 aliphatic heterocycles. The second kappa shape index (κ2) is 8.23. The lowest BCUT2D eigenvalue weighted by Crippen LogP contribution is -2.20. The Bertz CT molecular complexity index is 334. The van der Waals surface area contributed by atoms with Crippen LogP contribution in [0.4, 0.5) is 5.82 Å². The van der Waals surface area contributed by atoms with Gasteiger partial charge in [-0.3, -0.25) is 4.68 Å². The van der Waals surface area contributed by atoms with E-state index in [1.807, 2.05) is 17.9 Å². The lowest BCUT2D eigenvalue weighted by molar-refractivity contribution is 0.479. The predicted octanol–water partition coefficient (Wildman–Crippen LogP) is 4.51. The molecule has 1 heterocycles. The number of nitrogens with one attached hydrogen (secondary N) is 1. The molecular weight excluding hydrogens is 234 g/mol. The van der Waals surface area contributed by atoms with Crippen molar-refractivity contribution >= 4 is 5.82 Å². The van der Waals surface area contributed by atoms with E-state index in [9.17, 15) is 0 Å². The first-order valence-electron chi connectivity index (χ1n) is 8.11. The summed E-state index contributed by atoms with van der Waals surface area (Å²) in [5.41, 5.74) is 0. The summed E-state index contributed by atoms with van der Waals surface area (Å²) in [6.07, 6.45) is 17.3. The fourth-order valence-corrected chi connectivity index (χ4v) is 3.01. The average molecular weight is 263 g/mol. The smallest absolute Gasteiger partial charge is 0.148 e. The van der Waals surface area contributed by atoms with E-state index in [0.717, 1.165) is 5.82 Å². The molecule has 19 heavy (non-hydrogen) atoms. The number of aromatic nitrogens is 2. The predicted molar refractivity (Wildman–Crippen MR) is 81.4 cm³/mol. The van der Waals surface area contributed by atoms with Gasteiger partial charge in [-0.1, -0.05) is 57.8 Å². The summed E-state index contributed by atoms with van der Waals surface area (Å²) in [6.45, 7) is 0. The molecule has 0 bridgehead atoms. The van der Waals surface area contributed by atoms with Crippen LogP contribution in [0.25, 0.3) is 0 Å². The lowest BCUT2D eigenvalue weighted by Gasteiger charge is -2.19. The molecule has 0 spiro atoms. The van der Waals surface area contributed by atoms with Gasteiger partial charge in [0.1, 0.15) is 5.82 Å². The third kappa shape index (κ3) is 5.66. The second-order valence-corrected chi connectivity index (χ2v) is 5.98. The fraction of sp³-hybridized carbons (Fsp3) is 0.812. The zero-order chi connectivity index (χ0) is 13.3. The lowest BCUT2D eigenvalue weighted by atomic mass is 9.98. The highest BCUT2D eigenvalue weighted by Gasteiger charge is 2.10. The Hall–Kier alpha value is -0.990. The van der Waals surface area contributed by atoms with E-state index in [1.54, 1.807) is 0 Å². The zero-order valence-corrected chi connectivity index (χ0v) is 12.4. The third-order valence-electron chi connectivity index (χ3n) is 4.17. The number of hydrogen-bond donors (Lipinski definition) is 1. The highest BCUT2D eigenvalue weighted by molar-refractivity contribution is 5.33. The minimum absolute atomic E-state index is 0.620. The molecule has 1 aromatic rings. The van der Waals surface area contributed by atoms with Gasteiger partial charge in [-0.05, 0) is 12.8 Å². The van der Waals surface area contributed by atoms with Gasteiger partial charge >= 0.3 is 0 Å². The van der Waals surface area contributed by atoms with Crippen LogP contribution in [-0.2, 0) is 7.05 Å². The molecule has 108 valence electrons. The Morgan fingerprint density at radius 3 is 1.95 bits per heavy atom. The molecule has 0 radical (unpaired) electrons. The number of nitrogens with zero attached hydrogens (tertiary/aromatic N) is 2. The SMILES string of the molecule is Cn1ccc(NC2CCCCCCCCCCC2)n1. The van der Waals surface area contributed by atoms with Gasteiger partial charge in [0.2, 0.25) is 0 Å². The van der Waals surface area contributed by atoms with Gasteiger partial charge in [0.25, 0.3) is 0 Å². The second-order valence-electron chi connectivity index (χ2n) is 5.98. The van der Waals surface area contributed by atoms with Crippen molar-refractivity contribution in [2.75, 3.05) is 5.32 Å². The van der Waals surface area contributed by atoms with Crippen molar-refractivity contribution in [3.8, 4) is 0 Å². The van der Waals surface area contributed by atoms with Crippen LogP contribution in [-0.4, -0.2) is 15.8 Å². The summed E-state index contributed by atoms with van der Waals surface area (Å²) in [7, 11) is 1.98. The highest BCUT2D eigenvalue weighted by atomic mass is 15.3. The summed E-state index contributed by atoms with van der Waals surface area (Å²) in [5.74, 6) is 1.04. The molecule has 0 unspecified atom stereocenters. The van der Waals surface area contributed by atoms with Crippen LogP contribution in [0.2, 0.25) is 0 Å². The summed E-state index contributed by atoms with van der Waals surface area (Å²) in [6, 6.07) is 2.70. The van der Waals surface area contributed by atoms with Crippen molar-refractivity contribution in [1.82, 2.24) is 9.78 Å². The van der Waals surface area contributed by atoms with Crippen LogP contribution < -0.4 is 5.32 Å². The van der Waals surface area contributed by atoms with E-state index in [0.29, 0.717) is 6.04 Å². The van der Waals surface area contributed by atoms with Crippen molar-refractivity contribution < 1.29 is 0 Å². The molecule has 1 aromatic heterocycles. The number of aryl methyl sites for hydroxylation is 1. The first-order valence-corrected chi connectivity index (χ1v) is 8.11. The van der Waals surface area contributed by atoms with E-state index < -0.39 is 0 Å². The maximum atomic E-state index is 4.44. The molecule has 0 saturated heterocycles. The Morgan fingerprint density at radius 2 is 1.47 bits per heavy atom. The number of hydrogen-bond acceptors (Lipinski definition) is 2. The van der Waals surface area contributed by atoms with E-state index in [2.05, 4.69) is 16.5 Å². The van der Waals surface area contributed by atoms with Gasteiger partial charge in [-0.15, -0.1) is 0 Å². The van der Waals surface area contributed by atoms with Crippen molar-refractivity contribution in [3.63, 3.8) is 0 Å². The first kappa shape index (κ1) is 14.4. The van der Waals surface area contributed by atoms with E-state index in [1.165, 1.54) is 70.6 Å². The van der Waals surface area contributed by atoms with Gasteiger partial charge < -0.3 is 5.32 Å². The molecule has 3 nitrogen and oxygen atoms in total. The Labute approximate surface area is 117 Å². The maximum Gasteiger partial charge on any atom is 0.148 e. The van der Waals surface area contributed by atoms with Crippen LogP contribution in [0.3, 0.4) is 0 Å². The molecule has 1 aliphatic carbocycles. The molecule has 0 amide bonds. The Balaban J connectivity index is 1.80. The molecule has 2 rings (SSSR count). The van der Waals surface area contributed by atoms with Gasteiger partial charge in [0, 0.05) is 25.4 Å². The minimum Gasteiger partial charge on any atom is -0.366 e. The summed E-state index contributed by atoms with van der Waals surface area (Å²) in [5, 5.41) is 8.06. The van der Waals surface area contributed by atoms with E-state index in [-0.39, 0.29) is 0 Å². The summed E-state index contributed by atoms with van der Waals surface area (Å²) < 4.78 is 1.87. The third-order valence-corrected chi connectivity index (χ3v) is 4.17. The normalized spacial score (nSPS) is 20.5. The van der Waals surface area contributed by atoms with Gasteiger partial charge in [0.15, 0.2) is 0 Å². The van der Waals surface area contributed by atoms with Crippen LogP contribution in [0.5, 0.6) is 0 Å². The standard InChI is InChI=1S/C16H29N3/c1-19-14-13-16(18-19)17-15-11-9-7-5-3-2-4-6-8-10-12-15/h13-15H,2-12H2,1H3,(H,17,18). The Kier molecular flexibility index (Phi) is 6.25. The van der Waals surface area contributed by atoms with Crippen LogP contribution in [0.15, 0.2) is 12.3 Å². The van der Waals surface area contributed by atoms with Crippen molar-refractivity contribution in [2.24, 2.45) is 7.05 Å². The van der Waals surface area contributed by atoms with Crippen LogP contribution in [0.1, 0.15) is 70.6 Å². The number of anilines is 1. The molecule has 0 atom stereocenters. The van der Waals surface area contributed by atoms with Crippen molar-refractivity contribution in [2.45, 2.75) is 76.7 Å². The fourth-order valence-electron chi connectivity index (χ4n) is 3.01. The van der Waals surface area contributed by atoms with Gasteiger partial charge in [-0.25, -0.2) is 0 Å². The van der Waals surface area contributed by atoms with Gasteiger partial charge in [0.05, 0.1) is 0 Å². The van der Waals surface area contributed by atoms with Crippen molar-refractivity contribution in [3.05, 3.63) is 12.3 Å².